The summed E-state index contributed by atoms with van der Waals surface area (Å²) in [5.74, 6) is -0.536. The van der Waals surface area contributed by atoms with E-state index in [0.29, 0.717) is 24.5 Å². The number of aromatic nitrogens is 2. The van der Waals surface area contributed by atoms with Gasteiger partial charge in [-0.2, -0.15) is 5.10 Å². The number of hydrogen-bond acceptors (Lipinski definition) is 3. The molecule has 2 aromatic rings. The van der Waals surface area contributed by atoms with Gasteiger partial charge in [0.05, 0.1) is 0 Å². The van der Waals surface area contributed by atoms with E-state index in [1.165, 1.54) is 10.7 Å². The molecule has 0 radical (unpaired) electrons. The molecule has 2 heterocycles. The van der Waals surface area contributed by atoms with Gasteiger partial charge in [-0.1, -0.05) is 12.1 Å². The van der Waals surface area contributed by atoms with Crippen molar-refractivity contribution in [3.05, 3.63) is 48.0 Å². The lowest BCUT2D eigenvalue weighted by Gasteiger charge is -2.13. The average molecular weight is 274 g/mol. The van der Waals surface area contributed by atoms with E-state index in [0.717, 1.165) is 6.42 Å². The molecule has 5 nitrogen and oxygen atoms in total. The van der Waals surface area contributed by atoms with Crippen molar-refractivity contribution in [1.82, 2.24) is 14.7 Å². The number of para-hydroxylation sites is 1. The zero-order valence-electron chi connectivity index (χ0n) is 10.9. The smallest absolute Gasteiger partial charge is 0.274 e. The van der Waals surface area contributed by atoms with Crippen molar-refractivity contribution in [2.24, 2.45) is 5.73 Å². The number of rotatable bonds is 2. The van der Waals surface area contributed by atoms with Crippen LogP contribution in [0.5, 0.6) is 0 Å². The van der Waals surface area contributed by atoms with Crippen LogP contribution in [0.2, 0.25) is 0 Å². The van der Waals surface area contributed by atoms with Gasteiger partial charge >= 0.3 is 0 Å². The molecular formula is C14H15FN4O. The summed E-state index contributed by atoms with van der Waals surface area (Å²) in [5.41, 5.74) is 6.42. The molecule has 1 aliphatic heterocycles. The minimum absolute atomic E-state index is 0.0348. The first-order valence-corrected chi connectivity index (χ1v) is 6.50. The normalized spacial score (nSPS) is 18.5. The summed E-state index contributed by atoms with van der Waals surface area (Å²) >= 11 is 0. The molecule has 0 bridgehead atoms. The van der Waals surface area contributed by atoms with E-state index in [-0.39, 0.29) is 17.8 Å². The molecule has 104 valence electrons. The summed E-state index contributed by atoms with van der Waals surface area (Å²) in [6.07, 6.45) is 2.39. The molecule has 0 spiro atoms. The van der Waals surface area contributed by atoms with Crippen LogP contribution >= 0.6 is 0 Å². The summed E-state index contributed by atoms with van der Waals surface area (Å²) in [7, 11) is 0. The molecule has 1 fully saturated rings. The van der Waals surface area contributed by atoms with E-state index in [1.807, 2.05) is 0 Å². The molecule has 1 saturated heterocycles. The second-order valence-electron chi connectivity index (χ2n) is 4.90. The third kappa shape index (κ3) is 2.30. The monoisotopic (exact) mass is 274 g/mol. The van der Waals surface area contributed by atoms with E-state index >= 15 is 0 Å². The molecular weight excluding hydrogens is 259 g/mol. The molecule has 0 saturated carbocycles. The van der Waals surface area contributed by atoms with Gasteiger partial charge in [-0.05, 0) is 24.6 Å². The standard InChI is InChI=1S/C14H15FN4O/c15-11-3-1-2-4-13(11)19-8-6-12(17-19)14(20)18-7-5-10(16)9-18/h1-4,6,8,10H,5,7,9,16H2/t10-/m0/s1. The minimum atomic E-state index is -0.377. The van der Waals surface area contributed by atoms with Crippen LogP contribution in [0.4, 0.5) is 4.39 Å². The Morgan fingerprint density at radius 1 is 1.35 bits per heavy atom. The average Bonchev–Trinajstić information content (AvgIpc) is 3.07. The van der Waals surface area contributed by atoms with Crippen molar-refractivity contribution in [1.29, 1.82) is 0 Å². The van der Waals surface area contributed by atoms with Gasteiger partial charge in [0.1, 0.15) is 11.5 Å². The van der Waals surface area contributed by atoms with E-state index in [1.54, 1.807) is 35.4 Å². The molecule has 20 heavy (non-hydrogen) atoms. The number of benzene rings is 1. The van der Waals surface area contributed by atoms with Gasteiger partial charge < -0.3 is 10.6 Å². The predicted octanol–water partition coefficient (Wildman–Crippen LogP) is 1.18. The maximum atomic E-state index is 13.7. The highest BCUT2D eigenvalue weighted by Gasteiger charge is 2.26. The highest BCUT2D eigenvalue weighted by atomic mass is 19.1. The summed E-state index contributed by atoms with van der Waals surface area (Å²) < 4.78 is 15.0. The molecule has 1 atom stereocenters. The fraction of sp³-hybridized carbons (Fsp3) is 0.286. The number of nitrogens with two attached hydrogens (primary N) is 1. The lowest BCUT2D eigenvalue weighted by Crippen LogP contribution is -2.32. The number of hydrogen-bond donors (Lipinski definition) is 1. The van der Waals surface area contributed by atoms with Gasteiger partial charge in [-0.3, -0.25) is 4.79 Å². The van der Waals surface area contributed by atoms with E-state index < -0.39 is 0 Å². The number of halogens is 1. The molecule has 0 aliphatic carbocycles. The van der Waals surface area contributed by atoms with Crippen LogP contribution in [-0.2, 0) is 0 Å². The van der Waals surface area contributed by atoms with E-state index in [4.69, 9.17) is 5.73 Å². The highest BCUT2D eigenvalue weighted by molar-refractivity contribution is 5.92. The van der Waals surface area contributed by atoms with Crippen LogP contribution in [0.1, 0.15) is 16.9 Å². The van der Waals surface area contributed by atoms with Crippen LogP contribution in [-0.4, -0.2) is 39.7 Å². The lowest BCUT2D eigenvalue weighted by atomic mass is 10.3. The summed E-state index contributed by atoms with van der Waals surface area (Å²) in [5, 5.41) is 4.16. The quantitative estimate of drug-likeness (QED) is 0.894. The Morgan fingerprint density at radius 2 is 2.15 bits per heavy atom. The second kappa shape index (κ2) is 5.05. The molecule has 2 N–H and O–H groups in total. The number of nitrogens with zero attached hydrogens (tertiary/aromatic N) is 3. The minimum Gasteiger partial charge on any atom is -0.336 e. The first-order chi connectivity index (χ1) is 9.65. The van der Waals surface area contributed by atoms with Gasteiger partial charge in [0.15, 0.2) is 5.69 Å². The van der Waals surface area contributed by atoms with Crippen molar-refractivity contribution in [3.8, 4) is 5.69 Å². The molecule has 1 aromatic heterocycles. The van der Waals surface area contributed by atoms with Crippen molar-refractivity contribution in [2.45, 2.75) is 12.5 Å². The third-order valence-corrected chi connectivity index (χ3v) is 3.42. The first-order valence-electron chi connectivity index (χ1n) is 6.50. The van der Waals surface area contributed by atoms with E-state index in [9.17, 15) is 9.18 Å². The molecule has 1 aliphatic rings. The third-order valence-electron chi connectivity index (χ3n) is 3.42. The summed E-state index contributed by atoms with van der Waals surface area (Å²) in [6.45, 7) is 1.19. The van der Waals surface area contributed by atoms with Gasteiger partial charge in [0, 0.05) is 25.3 Å². The summed E-state index contributed by atoms with van der Waals surface area (Å²) in [4.78, 5) is 13.9. The zero-order chi connectivity index (χ0) is 14.1. The van der Waals surface area contributed by atoms with Crippen molar-refractivity contribution >= 4 is 5.91 Å². The topological polar surface area (TPSA) is 64.2 Å². The zero-order valence-corrected chi connectivity index (χ0v) is 10.9. The Hall–Kier alpha value is -2.21. The Bertz CT molecular complexity index is 640. The fourth-order valence-corrected chi connectivity index (χ4v) is 2.34. The van der Waals surface area contributed by atoms with Crippen LogP contribution in [0.3, 0.4) is 0 Å². The van der Waals surface area contributed by atoms with Gasteiger partial charge in [-0.25, -0.2) is 9.07 Å². The molecule has 1 amide bonds. The Labute approximate surface area is 115 Å². The van der Waals surface area contributed by atoms with Crippen LogP contribution in [0.15, 0.2) is 36.5 Å². The summed E-state index contributed by atoms with van der Waals surface area (Å²) in [6, 6.07) is 7.94. The first kappa shape index (κ1) is 12.8. The predicted molar refractivity (Wildman–Crippen MR) is 72.0 cm³/mol. The number of amides is 1. The molecule has 1 aromatic carbocycles. The van der Waals surface area contributed by atoms with Gasteiger partial charge in [0.25, 0.3) is 5.91 Å². The Kier molecular flexibility index (Phi) is 3.23. The maximum absolute atomic E-state index is 13.7. The van der Waals surface area contributed by atoms with E-state index in [2.05, 4.69) is 5.10 Å². The van der Waals surface area contributed by atoms with Crippen LogP contribution in [0, 0.1) is 5.82 Å². The maximum Gasteiger partial charge on any atom is 0.274 e. The van der Waals surface area contributed by atoms with Gasteiger partial charge in [-0.15, -0.1) is 0 Å². The van der Waals surface area contributed by atoms with Gasteiger partial charge in [0.2, 0.25) is 0 Å². The molecule has 6 heteroatoms. The second-order valence-corrected chi connectivity index (χ2v) is 4.90. The Morgan fingerprint density at radius 3 is 2.85 bits per heavy atom. The number of likely N-dealkylation sites (tertiary alicyclic amines) is 1. The largest absolute Gasteiger partial charge is 0.336 e. The molecule has 3 rings (SSSR count). The highest BCUT2D eigenvalue weighted by Crippen LogP contribution is 2.15. The van der Waals surface area contributed by atoms with Crippen molar-refractivity contribution < 1.29 is 9.18 Å². The lowest BCUT2D eigenvalue weighted by molar-refractivity contribution is 0.0784. The number of carbonyl (C=O) groups is 1. The number of carbonyl (C=O) groups excluding carboxylic acids is 1. The van der Waals surface area contributed by atoms with Crippen LogP contribution in [0.25, 0.3) is 5.69 Å². The fourth-order valence-electron chi connectivity index (χ4n) is 2.34. The Balaban J connectivity index is 1.84. The van der Waals surface area contributed by atoms with Crippen LogP contribution < -0.4 is 5.73 Å². The molecule has 0 unspecified atom stereocenters. The SMILES string of the molecule is N[C@H]1CCN(C(=O)c2ccn(-c3ccccc3F)n2)C1. The van der Waals surface area contributed by atoms with Crippen molar-refractivity contribution in [3.63, 3.8) is 0 Å². The van der Waals surface area contributed by atoms with Crippen molar-refractivity contribution in [2.75, 3.05) is 13.1 Å².